The fourth-order valence-electron chi connectivity index (χ4n) is 2.84. The van der Waals surface area contributed by atoms with Crippen LogP contribution in [0.25, 0.3) is 17.0 Å². The molecule has 26 heavy (non-hydrogen) atoms. The Bertz CT molecular complexity index is 989. The number of benzene rings is 2. The summed E-state index contributed by atoms with van der Waals surface area (Å²) < 4.78 is 0. The highest BCUT2D eigenvalue weighted by molar-refractivity contribution is 5.92. The number of rotatable bonds is 6. The lowest BCUT2D eigenvalue weighted by atomic mass is 10.1. The Hall–Kier alpha value is -3.41. The van der Waals surface area contributed by atoms with Crippen molar-refractivity contribution in [1.82, 2.24) is 10.3 Å². The number of aromatic nitrogens is 1. The number of amides is 1. The number of nitrogens with one attached hydrogen (secondary N) is 2. The van der Waals surface area contributed by atoms with E-state index >= 15 is 0 Å². The number of H-pyrrole nitrogens is 1. The van der Waals surface area contributed by atoms with Crippen molar-refractivity contribution < 1.29 is 9.72 Å². The van der Waals surface area contributed by atoms with E-state index in [2.05, 4.69) is 22.4 Å². The van der Waals surface area contributed by atoms with Gasteiger partial charge in [-0.3, -0.25) is 14.9 Å². The third-order valence-electron chi connectivity index (χ3n) is 4.16. The molecule has 6 heteroatoms. The second-order valence-electron chi connectivity index (χ2n) is 6.05. The first-order chi connectivity index (χ1) is 12.5. The van der Waals surface area contributed by atoms with Gasteiger partial charge in [0, 0.05) is 35.8 Å². The molecule has 1 heterocycles. The minimum absolute atomic E-state index is 0.0225. The van der Waals surface area contributed by atoms with Crippen LogP contribution in [0.4, 0.5) is 5.69 Å². The summed E-state index contributed by atoms with van der Waals surface area (Å²) in [6.45, 7) is 2.53. The second-order valence-corrected chi connectivity index (χ2v) is 6.05. The molecule has 1 aromatic heterocycles. The van der Waals surface area contributed by atoms with E-state index in [0.29, 0.717) is 18.5 Å². The lowest BCUT2D eigenvalue weighted by Crippen LogP contribution is -2.23. The Morgan fingerprint density at radius 2 is 2.08 bits per heavy atom. The monoisotopic (exact) mass is 349 g/mol. The highest BCUT2D eigenvalue weighted by Gasteiger charge is 2.10. The predicted molar refractivity (Wildman–Crippen MR) is 102 cm³/mol. The molecule has 0 radical (unpaired) electrons. The van der Waals surface area contributed by atoms with Crippen molar-refractivity contribution in [3.8, 4) is 0 Å². The van der Waals surface area contributed by atoms with Crippen LogP contribution in [0.3, 0.4) is 0 Å². The summed E-state index contributed by atoms with van der Waals surface area (Å²) in [6, 6.07) is 12.5. The van der Waals surface area contributed by atoms with Crippen LogP contribution in [-0.2, 0) is 11.2 Å². The molecule has 0 bridgehead atoms. The molecule has 0 aliphatic heterocycles. The van der Waals surface area contributed by atoms with Gasteiger partial charge in [-0.15, -0.1) is 0 Å². The van der Waals surface area contributed by atoms with Crippen molar-refractivity contribution in [2.45, 2.75) is 13.3 Å². The molecule has 0 fully saturated rings. The van der Waals surface area contributed by atoms with Crippen molar-refractivity contribution in [1.29, 1.82) is 0 Å². The third kappa shape index (κ3) is 3.97. The van der Waals surface area contributed by atoms with Crippen molar-refractivity contribution in [3.05, 3.63) is 81.5 Å². The number of nitro benzene ring substituents is 1. The Labute approximate surface area is 150 Å². The van der Waals surface area contributed by atoms with E-state index in [1.807, 2.05) is 19.2 Å². The highest BCUT2D eigenvalue weighted by atomic mass is 16.6. The van der Waals surface area contributed by atoms with Crippen molar-refractivity contribution in [2.75, 3.05) is 6.54 Å². The van der Waals surface area contributed by atoms with Crippen molar-refractivity contribution >= 4 is 28.6 Å². The summed E-state index contributed by atoms with van der Waals surface area (Å²) in [5, 5.41) is 14.9. The first-order valence-electron chi connectivity index (χ1n) is 8.30. The molecule has 3 rings (SSSR count). The topological polar surface area (TPSA) is 88.0 Å². The van der Waals surface area contributed by atoms with Gasteiger partial charge in [-0.25, -0.2) is 0 Å². The predicted octanol–water partition coefficient (Wildman–Crippen LogP) is 3.76. The van der Waals surface area contributed by atoms with E-state index < -0.39 is 4.92 Å². The molecule has 2 aromatic carbocycles. The minimum Gasteiger partial charge on any atom is -0.361 e. The van der Waals surface area contributed by atoms with Gasteiger partial charge in [-0.2, -0.15) is 0 Å². The molecule has 2 N–H and O–H groups in total. The maximum absolute atomic E-state index is 12.0. The van der Waals surface area contributed by atoms with Gasteiger partial charge in [0.2, 0.25) is 5.91 Å². The van der Waals surface area contributed by atoms with Gasteiger partial charge in [-0.05, 0) is 43.2 Å². The molecule has 0 saturated carbocycles. The third-order valence-corrected chi connectivity index (χ3v) is 4.16. The molecule has 0 aliphatic rings. The van der Waals surface area contributed by atoms with Crippen LogP contribution < -0.4 is 5.32 Å². The quantitative estimate of drug-likeness (QED) is 0.403. The lowest BCUT2D eigenvalue weighted by Gasteiger charge is -2.02. The van der Waals surface area contributed by atoms with Gasteiger partial charge < -0.3 is 10.3 Å². The van der Waals surface area contributed by atoms with Crippen molar-refractivity contribution in [3.63, 3.8) is 0 Å². The standard InChI is InChI=1S/C20H19N3O3/c1-14-6-8-18-17(12-14)16(13-22-18)10-11-21-20(24)9-7-15-4-2-3-5-19(15)23(25)26/h2-9,12-13,22H,10-11H2,1H3,(H,21,24)/b9-7+. The van der Waals surface area contributed by atoms with E-state index in [-0.39, 0.29) is 11.6 Å². The Morgan fingerprint density at radius 3 is 2.88 bits per heavy atom. The molecule has 0 aliphatic carbocycles. The van der Waals surface area contributed by atoms with Gasteiger partial charge in [0.15, 0.2) is 0 Å². The maximum atomic E-state index is 12.0. The number of para-hydroxylation sites is 1. The van der Waals surface area contributed by atoms with E-state index in [9.17, 15) is 14.9 Å². The smallest absolute Gasteiger partial charge is 0.276 e. The largest absolute Gasteiger partial charge is 0.361 e. The van der Waals surface area contributed by atoms with Crippen LogP contribution in [0.2, 0.25) is 0 Å². The number of hydrogen-bond acceptors (Lipinski definition) is 3. The SMILES string of the molecule is Cc1ccc2[nH]cc(CCNC(=O)/C=C/c3ccccc3[N+](=O)[O-])c2c1. The van der Waals surface area contributed by atoms with Gasteiger partial charge >= 0.3 is 0 Å². The van der Waals surface area contributed by atoms with E-state index in [1.165, 1.54) is 23.8 Å². The molecule has 0 spiro atoms. The van der Waals surface area contributed by atoms with Crippen LogP contribution in [0, 0.1) is 17.0 Å². The zero-order valence-electron chi connectivity index (χ0n) is 14.4. The Kier molecular flexibility index (Phi) is 5.12. The van der Waals surface area contributed by atoms with Gasteiger partial charge in [0.05, 0.1) is 10.5 Å². The number of carbonyl (C=O) groups excluding carboxylic acids is 1. The molecule has 0 unspecified atom stereocenters. The summed E-state index contributed by atoms with van der Waals surface area (Å²) in [6.07, 6.45) is 5.44. The highest BCUT2D eigenvalue weighted by Crippen LogP contribution is 2.20. The number of aryl methyl sites for hydroxylation is 1. The molecule has 132 valence electrons. The van der Waals surface area contributed by atoms with E-state index in [0.717, 1.165) is 16.5 Å². The molecule has 3 aromatic rings. The molecular formula is C20H19N3O3. The number of aromatic amines is 1. The van der Waals surface area contributed by atoms with E-state index in [1.54, 1.807) is 18.2 Å². The molecule has 0 saturated heterocycles. The first kappa shape index (κ1) is 17.4. The van der Waals surface area contributed by atoms with Gasteiger partial charge in [0.25, 0.3) is 5.69 Å². The van der Waals surface area contributed by atoms with Crippen LogP contribution in [0.5, 0.6) is 0 Å². The Morgan fingerprint density at radius 1 is 1.27 bits per heavy atom. The van der Waals surface area contributed by atoms with Crippen LogP contribution in [0.1, 0.15) is 16.7 Å². The fraction of sp³-hybridized carbons (Fsp3) is 0.150. The number of fused-ring (bicyclic) bond motifs is 1. The molecular weight excluding hydrogens is 330 g/mol. The van der Waals surface area contributed by atoms with Crippen LogP contribution >= 0.6 is 0 Å². The zero-order chi connectivity index (χ0) is 18.5. The summed E-state index contributed by atoms with van der Waals surface area (Å²) in [5.74, 6) is -0.279. The normalized spacial score (nSPS) is 11.1. The zero-order valence-corrected chi connectivity index (χ0v) is 14.4. The van der Waals surface area contributed by atoms with Gasteiger partial charge in [0.1, 0.15) is 0 Å². The second kappa shape index (κ2) is 7.65. The summed E-state index contributed by atoms with van der Waals surface area (Å²) in [4.78, 5) is 25.7. The van der Waals surface area contributed by atoms with Crippen LogP contribution in [-0.4, -0.2) is 22.4 Å². The maximum Gasteiger partial charge on any atom is 0.276 e. The number of nitro groups is 1. The number of nitrogens with zero attached hydrogens (tertiary/aromatic N) is 1. The summed E-state index contributed by atoms with van der Waals surface area (Å²) in [5.41, 5.74) is 3.79. The van der Waals surface area contributed by atoms with Crippen molar-refractivity contribution in [2.24, 2.45) is 0 Å². The fourth-order valence-corrected chi connectivity index (χ4v) is 2.84. The average molecular weight is 349 g/mol. The lowest BCUT2D eigenvalue weighted by molar-refractivity contribution is -0.385. The summed E-state index contributed by atoms with van der Waals surface area (Å²) in [7, 11) is 0. The Balaban J connectivity index is 1.59. The van der Waals surface area contributed by atoms with Crippen LogP contribution in [0.15, 0.2) is 54.7 Å². The van der Waals surface area contributed by atoms with E-state index in [4.69, 9.17) is 0 Å². The summed E-state index contributed by atoms with van der Waals surface area (Å²) >= 11 is 0. The molecule has 1 amide bonds. The van der Waals surface area contributed by atoms with Gasteiger partial charge in [-0.1, -0.05) is 23.8 Å². The molecule has 6 nitrogen and oxygen atoms in total. The minimum atomic E-state index is -0.462. The number of hydrogen-bond donors (Lipinski definition) is 2. The number of carbonyl (C=O) groups is 1. The average Bonchev–Trinajstić information content (AvgIpc) is 3.02. The first-order valence-corrected chi connectivity index (χ1v) is 8.30. The molecule has 0 atom stereocenters.